The molecule has 2 aliphatic heterocycles. The highest BCUT2D eigenvalue weighted by molar-refractivity contribution is 5.93. The lowest BCUT2D eigenvalue weighted by Gasteiger charge is -2.34. The first-order valence-corrected chi connectivity index (χ1v) is 12.0. The molecule has 2 aliphatic rings. The van der Waals surface area contributed by atoms with E-state index in [-0.39, 0.29) is 24.0 Å². The fourth-order valence-electron chi connectivity index (χ4n) is 4.43. The summed E-state index contributed by atoms with van der Waals surface area (Å²) >= 11 is 0. The van der Waals surface area contributed by atoms with Crippen molar-refractivity contribution in [2.75, 3.05) is 50.0 Å². The van der Waals surface area contributed by atoms with E-state index in [9.17, 15) is 9.59 Å². The minimum atomic E-state index is -0.146. The van der Waals surface area contributed by atoms with E-state index in [2.05, 4.69) is 43.7 Å². The highest BCUT2D eigenvalue weighted by Gasteiger charge is 2.37. The highest BCUT2D eigenvalue weighted by Crippen LogP contribution is 2.24. The normalized spacial score (nSPS) is 19.8. The Bertz CT molecular complexity index is 1080. The molecule has 0 spiro atoms. The summed E-state index contributed by atoms with van der Waals surface area (Å²) in [6.07, 6.45) is 5.99. The van der Waals surface area contributed by atoms with E-state index < -0.39 is 0 Å². The number of likely N-dealkylation sites (N-methyl/N-ethyl adjacent to an activating group) is 1. The van der Waals surface area contributed by atoms with Gasteiger partial charge in [-0.3, -0.25) is 14.6 Å². The van der Waals surface area contributed by atoms with Crippen LogP contribution in [0, 0.1) is 6.92 Å². The van der Waals surface area contributed by atoms with Gasteiger partial charge in [0.05, 0.1) is 30.8 Å². The van der Waals surface area contributed by atoms with Crippen LogP contribution in [0.3, 0.4) is 0 Å². The number of nitrogens with zero attached hydrogens (tertiary/aromatic N) is 9. The third kappa shape index (κ3) is 5.42. The van der Waals surface area contributed by atoms with Gasteiger partial charge in [0.25, 0.3) is 0 Å². The Kier molecular flexibility index (Phi) is 7.29. The molecule has 0 aromatic carbocycles. The number of piperazine rings is 1. The summed E-state index contributed by atoms with van der Waals surface area (Å²) in [5.41, 5.74) is 0.855. The summed E-state index contributed by atoms with van der Waals surface area (Å²) < 4.78 is 2.03. The largest absolute Gasteiger partial charge is 0.346 e. The molecular formula is C23H34N10O2. The van der Waals surface area contributed by atoms with Gasteiger partial charge in [0.2, 0.25) is 17.8 Å². The predicted molar refractivity (Wildman–Crippen MR) is 132 cm³/mol. The Morgan fingerprint density at radius 1 is 1.26 bits per heavy atom. The number of rotatable bonds is 8. The van der Waals surface area contributed by atoms with Gasteiger partial charge in [-0.1, -0.05) is 13.5 Å². The summed E-state index contributed by atoms with van der Waals surface area (Å²) in [5, 5.41) is 3.31. The van der Waals surface area contributed by atoms with E-state index in [0.717, 1.165) is 25.2 Å². The first kappa shape index (κ1) is 24.6. The van der Waals surface area contributed by atoms with Gasteiger partial charge in [0.15, 0.2) is 0 Å². The van der Waals surface area contributed by atoms with Gasteiger partial charge in [-0.2, -0.15) is 15.0 Å². The van der Waals surface area contributed by atoms with Crippen molar-refractivity contribution in [2.24, 2.45) is 0 Å². The molecule has 0 aliphatic carbocycles. The summed E-state index contributed by atoms with van der Waals surface area (Å²) in [6, 6.07) is -0.214. The Labute approximate surface area is 205 Å². The van der Waals surface area contributed by atoms with Crippen LogP contribution in [0.5, 0.6) is 0 Å². The summed E-state index contributed by atoms with van der Waals surface area (Å²) in [4.78, 5) is 49.8. The van der Waals surface area contributed by atoms with Crippen LogP contribution in [-0.2, 0) is 11.5 Å². The molecule has 0 unspecified atom stereocenters. The zero-order valence-corrected chi connectivity index (χ0v) is 20.9. The maximum atomic E-state index is 12.7. The molecule has 2 saturated heterocycles. The Morgan fingerprint density at radius 3 is 2.69 bits per heavy atom. The lowest BCUT2D eigenvalue weighted by Crippen LogP contribution is -2.48. The van der Waals surface area contributed by atoms with Crippen LogP contribution in [-0.4, -0.2) is 97.0 Å². The molecule has 2 aromatic heterocycles. The van der Waals surface area contributed by atoms with Gasteiger partial charge in [-0.15, -0.1) is 0 Å². The van der Waals surface area contributed by atoms with Gasteiger partial charge in [-0.25, -0.2) is 9.78 Å². The predicted octanol–water partition coefficient (Wildman–Crippen LogP) is 1.49. The smallest absolute Gasteiger partial charge is 0.327 e. The molecule has 0 radical (unpaired) electrons. The van der Waals surface area contributed by atoms with Crippen molar-refractivity contribution in [3.8, 4) is 0 Å². The third-order valence-corrected chi connectivity index (χ3v) is 6.47. The number of carbonyl (C=O) groups is 2. The molecule has 0 bridgehead atoms. The van der Waals surface area contributed by atoms with Gasteiger partial charge in [-0.05, 0) is 26.3 Å². The van der Waals surface area contributed by atoms with E-state index in [1.165, 1.54) is 6.08 Å². The van der Waals surface area contributed by atoms with E-state index in [1.807, 2.05) is 28.9 Å². The average Bonchev–Trinajstić information content (AvgIpc) is 3.42. The average molecular weight is 483 g/mol. The SMILES string of the molecule is C=CC(=O)N1CCN(Cn2cnc([C@H](C)Nc3nc(C)nc(N4C(=O)N(C)C[C@@H]4CC)n3)c2)CC1. The van der Waals surface area contributed by atoms with Crippen LogP contribution in [0.15, 0.2) is 25.2 Å². The molecule has 2 fully saturated rings. The number of nitrogens with one attached hydrogen (secondary N) is 1. The van der Waals surface area contributed by atoms with Crippen LogP contribution < -0.4 is 10.2 Å². The summed E-state index contributed by atoms with van der Waals surface area (Å²) in [7, 11) is 1.79. The van der Waals surface area contributed by atoms with Crippen LogP contribution in [0.2, 0.25) is 0 Å². The molecule has 35 heavy (non-hydrogen) atoms. The third-order valence-electron chi connectivity index (χ3n) is 6.47. The number of hydrogen-bond donors (Lipinski definition) is 1. The number of anilines is 2. The Hall–Kier alpha value is -3.54. The van der Waals surface area contributed by atoms with Crippen LogP contribution in [0.4, 0.5) is 16.7 Å². The van der Waals surface area contributed by atoms with Crippen molar-refractivity contribution in [3.05, 3.63) is 36.7 Å². The number of aromatic nitrogens is 5. The van der Waals surface area contributed by atoms with Crippen LogP contribution in [0.25, 0.3) is 0 Å². The van der Waals surface area contributed by atoms with E-state index in [4.69, 9.17) is 0 Å². The maximum absolute atomic E-state index is 12.7. The van der Waals surface area contributed by atoms with E-state index in [1.54, 1.807) is 23.8 Å². The number of imidazole rings is 1. The standard InChI is InChI=1S/C23H34N10O2/c1-6-18-12-29(5)23(35)33(18)22-27-17(4)26-21(28-22)25-16(3)19-13-31(14-24-19)15-30-8-10-32(11-9-30)20(34)7-2/h7,13-14,16,18H,2,6,8-12,15H2,1,3-5H3,(H,25,26,27,28)/t16-,18-/m0/s1. The number of carbonyl (C=O) groups excluding carboxylic acids is 2. The van der Waals surface area contributed by atoms with Crippen molar-refractivity contribution < 1.29 is 9.59 Å². The van der Waals surface area contributed by atoms with Crippen molar-refractivity contribution >= 4 is 23.8 Å². The van der Waals surface area contributed by atoms with Gasteiger partial charge < -0.3 is 19.7 Å². The first-order chi connectivity index (χ1) is 16.8. The van der Waals surface area contributed by atoms with Crippen molar-refractivity contribution in [3.63, 3.8) is 0 Å². The second-order valence-corrected chi connectivity index (χ2v) is 9.07. The summed E-state index contributed by atoms with van der Waals surface area (Å²) in [6.45, 7) is 13.7. The lowest BCUT2D eigenvalue weighted by atomic mass is 10.2. The number of aryl methyl sites for hydroxylation is 1. The van der Waals surface area contributed by atoms with Gasteiger partial charge in [0.1, 0.15) is 5.82 Å². The fourth-order valence-corrected chi connectivity index (χ4v) is 4.43. The fraction of sp³-hybridized carbons (Fsp3) is 0.565. The maximum Gasteiger partial charge on any atom is 0.327 e. The van der Waals surface area contributed by atoms with E-state index in [0.29, 0.717) is 44.0 Å². The van der Waals surface area contributed by atoms with Gasteiger partial charge in [0, 0.05) is 46.0 Å². The molecule has 4 heterocycles. The Balaban J connectivity index is 1.39. The molecule has 3 amide bonds. The topological polar surface area (TPSA) is 116 Å². The zero-order valence-electron chi connectivity index (χ0n) is 20.9. The second kappa shape index (κ2) is 10.4. The molecular weight excluding hydrogens is 448 g/mol. The first-order valence-electron chi connectivity index (χ1n) is 12.0. The number of hydrogen-bond acceptors (Lipinski definition) is 8. The van der Waals surface area contributed by atoms with Crippen molar-refractivity contribution in [2.45, 2.75) is 45.9 Å². The zero-order chi connectivity index (χ0) is 25.1. The molecule has 12 heteroatoms. The van der Waals surface area contributed by atoms with E-state index >= 15 is 0 Å². The molecule has 1 N–H and O–H groups in total. The summed E-state index contributed by atoms with van der Waals surface area (Å²) in [5.74, 6) is 1.31. The van der Waals surface area contributed by atoms with Crippen molar-refractivity contribution in [1.29, 1.82) is 0 Å². The van der Waals surface area contributed by atoms with Crippen LogP contribution >= 0.6 is 0 Å². The molecule has 2 atom stereocenters. The second-order valence-electron chi connectivity index (χ2n) is 9.07. The molecule has 188 valence electrons. The monoisotopic (exact) mass is 482 g/mol. The van der Waals surface area contributed by atoms with Crippen molar-refractivity contribution in [1.82, 2.24) is 39.2 Å². The molecule has 12 nitrogen and oxygen atoms in total. The number of amides is 3. The minimum Gasteiger partial charge on any atom is -0.346 e. The van der Waals surface area contributed by atoms with Gasteiger partial charge >= 0.3 is 6.03 Å². The quantitative estimate of drug-likeness (QED) is 0.563. The molecule has 0 saturated carbocycles. The molecule has 2 aromatic rings. The lowest BCUT2D eigenvalue weighted by molar-refractivity contribution is -0.127. The minimum absolute atomic E-state index is 0.0162. The Morgan fingerprint density at radius 2 is 2.00 bits per heavy atom. The molecule has 4 rings (SSSR count). The highest BCUT2D eigenvalue weighted by atomic mass is 16.2. The van der Waals surface area contributed by atoms with Crippen LogP contribution in [0.1, 0.15) is 37.8 Å². The number of urea groups is 1.